The molecule has 1 amide bonds. The lowest BCUT2D eigenvalue weighted by Gasteiger charge is -2.27. The van der Waals surface area contributed by atoms with E-state index in [0.717, 1.165) is 5.56 Å². The van der Waals surface area contributed by atoms with Gasteiger partial charge >= 0.3 is 0 Å². The van der Waals surface area contributed by atoms with Gasteiger partial charge in [0.2, 0.25) is 15.9 Å². The lowest BCUT2D eigenvalue weighted by molar-refractivity contribution is -0.111. The highest BCUT2D eigenvalue weighted by atomic mass is 32.2. The van der Waals surface area contributed by atoms with E-state index in [1.165, 1.54) is 16.4 Å². The van der Waals surface area contributed by atoms with Gasteiger partial charge in [0, 0.05) is 37.2 Å². The fourth-order valence-corrected chi connectivity index (χ4v) is 4.38. The van der Waals surface area contributed by atoms with E-state index in [1.54, 1.807) is 43.6 Å². The number of ether oxygens (including phenoxy) is 2. The van der Waals surface area contributed by atoms with Gasteiger partial charge < -0.3 is 14.8 Å². The molecule has 0 atom stereocenters. The molecule has 0 unspecified atom stereocenters. The zero-order chi connectivity index (χ0) is 20.7. The first kappa shape index (κ1) is 21.0. The molecule has 3 rings (SSSR count). The van der Waals surface area contributed by atoms with Gasteiger partial charge in [-0.25, -0.2) is 8.42 Å². The van der Waals surface area contributed by atoms with E-state index in [9.17, 15) is 13.2 Å². The highest BCUT2D eigenvalue weighted by Crippen LogP contribution is 2.30. The number of rotatable bonds is 7. The van der Waals surface area contributed by atoms with E-state index in [1.807, 2.05) is 6.07 Å². The summed E-state index contributed by atoms with van der Waals surface area (Å²) in [6.45, 7) is 3.35. The van der Waals surface area contributed by atoms with Crippen molar-refractivity contribution in [1.29, 1.82) is 0 Å². The van der Waals surface area contributed by atoms with Crippen LogP contribution in [0.4, 0.5) is 5.69 Å². The van der Waals surface area contributed by atoms with E-state index in [4.69, 9.17) is 9.47 Å². The number of aromatic nitrogens is 1. The van der Waals surface area contributed by atoms with Crippen LogP contribution in [0.25, 0.3) is 6.08 Å². The molecule has 8 nitrogen and oxygen atoms in total. The van der Waals surface area contributed by atoms with Gasteiger partial charge in [0.1, 0.15) is 10.6 Å². The van der Waals surface area contributed by atoms with E-state index in [0.29, 0.717) is 25.5 Å². The molecular formula is C20H23N3O5S. The maximum Gasteiger partial charge on any atom is 0.248 e. The van der Waals surface area contributed by atoms with Crippen molar-refractivity contribution in [3.63, 3.8) is 0 Å². The highest BCUT2D eigenvalue weighted by molar-refractivity contribution is 7.89. The zero-order valence-electron chi connectivity index (χ0n) is 16.1. The number of nitrogens with zero attached hydrogens (tertiary/aromatic N) is 2. The van der Waals surface area contributed by atoms with Crippen LogP contribution < -0.4 is 10.1 Å². The van der Waals surface area contributed by atoms with E-state index < -0.39 is 10.0 Å². The maximum atomic E-state index is 13.1. The number of hydrogen-bond donors (Lipinski definition) is 1. The molecule has 1 fully saturated rings. The summed E-state index contributed by atoms with van der Waals surface area (Å²) in [5.74, 6) is -0.129. The number of anilines is 1. The summed E-state index contributed by atoms with van der Waals surface area (Å²) in [5, 5.41) is 2.69. The van der Waals surface area contributed by atoms with E-state index in [-0.39, 0.29) is 29.6 Å². The molecule has 1 aromatic carbocycles. The SMILES string of the molecule is CCOc1ccc(NC(=O)C=Cc2cccnc2)cc1S(=O)(=O)N1CCOCC1. The summed E-state index contributed by atoms with van der Waals surface area (Å²) < 4.78 is 38.3. The van der Waals surface area contributed by atoms with Crippen molar-refractivity contribution in [2.75, 3.05) is 38.2 Å². The molecule has 0 bridgehead atoms. The monoisotopic (exact) mass is 417 g/mol. The number of hydrogen-bond acceptors (Lipinski definition) is 6. The van der Waals surface area contributed by atoms with Gasteiger partial charge in [0.05, 0.1) is 19.8 Å². The van der Waals surface area contributed by atoms with Gasteiger partial charge in [-0.3, -0.25) is 9.78 Å². The Hall–Kier alpha value is -2.75. The van der Waals surface area contributed by atoms with E-state index >= 15 is 0 Å². The molecule has 0 spiro atoms. The summed E-state index contributed by atoms with van der Waals surface area (Å²) in [5.41, 5.74) is 1.14. The van der Waals surface area contributed by atoms with Gasteiger partial charge in [0.25, 0.3) is 0 Å². The Kier molecular flexibility index (Phi) is 6.97. The topological polar surface area (TPSA) is 97.8 Å². The Morgan fingerprint density at radius 3 is 2.79 bits per heavy atom. The second-order valence-electron chi connectivity index (χ2n) is 6.22. The van der Waals surface area contributed by atoms with Crippen molar-refractivity contribution in [3.05, 3.63) is 54.4 Å². The molecule has 154 valence electrons. The van der Waals surface area contributed by atoms with Gasteiger partial charge in [-0.05, 0) is 42.8 Å². The van der Waals surface area contributed by atoms with Gasteiger partial charge in [-0.2, -0.15) is 4.31 Å². The third-order valence-corrected chi connectivity index (χ3v) is 6.13. The van der Waals surface area contributed by atoms with Crippen molar-refractivity contribution in [2.45, 2.75) is 11.8 Å². The Labute approximate surface area is 170 Å². The van der Waals surface area contributed by atoms with Crippen LogP contribution in [0.15, 0.2) is 53.7 Å². The van der Waals surface area contributed by atoms with Crippen LogP contribution in [0.2, 0.25) is 0 Å². The third kappa shape index (κ3) is 5.41. The molecule has 1 saturated heterocycles. The van der Waals surface area contributed by atoms with Crippen LogP contribution in [-0.4, -0.2) is 56.5 Å². The Balaban J connectivity index is 1.82. The summed E-state index contributed by atoms with van der Waals surface area (Å²) in [7, 11) is -3.78. The summed E-state index contributed by atoms with van der Waals surface area (Å²) in [6, 6.07) is 8.18. The summed E-state index contributed by atoms with van der Waals surface area (Å²) >= 11 is 0. The molecule has 0 radical (unpaired) electrons. The predicted molar refractivity (Wildman–Crippen MR) is 109 cm³/mol. The van der Waals surface area contributed by atoms with Crippen molar-refractivity contribution >= 4 is 27.7 Å². The second kappa shape index (κ2) is 9.64. The third-order valence-electron chi connectivity index (χ3n) is 4.21. The average Bonchev–Trinajstić information content (AvgIpc) is 2.75. The molecule has 1 N–H and O–H groups in total. The number of morpholine rings is 1. The molecule has 1 aliphatic heterocycles. The van der Waals surface area contributed by atoms with Crippen molar-refractivity contribution in [3.8, 4) is 5.75 Å². The van der Waals surface area contributed by atoms with Crippen LogP contribution in [0.1, 0.15) is 12.5 Å². The second-order valence-corrected chi connectivity index (χ2v) is 8.13. The first-order chi connectivity index (χ1) is 14.0. The number of carbonyl (C=O) groups excluding carboxylic acids is 1. The minimum absolute atomic E-state index is 0.0234. The molecule has 0 aliphatic carbocycles. The summed E-state index contributed by atoms with van der Waals surface area (Å²) in [6.07, 6.45) is 6.27. The quantitative estimate of drug-likeness (QED) is 0.694. The number of benzene rings is 1. The number of amides is 1. The average molecular weight is 417 g/mol. The first-order valence-electron chi connectivity index (χ1n) is 9.24. The van der Waals surface area contributed by atoms with Gasteiger partial charge in [-0.1, -0.05) is 6.07 Å². The zero-order valence-corrected chi connectivity index (χ0v) is 16.9. The van der Waals surface area contributed by atoms with Gasteiger partial charge in [-0.15, -0.1) is 0 Å². The predicted octanol–water partition coefficient (Wildman–Crippen LogP) is 2.15. The molecule has 1 aromatic heterocycles. The molecule has 2 heterocycles. The fourth-order valence-electron chi connectivity index (χ4n) is 2.82. The Morgan fingerprint density at radius 2 is 2.10 bits per heavy atom. The molecule has 0 saturated carbocycles. The largest absolute Gasteiger partial charge is 0.492 e. The lowest BCUT2D eigenvalue weighted by atomic mass is 10.2. The van der Waals surface area contributed by atoms with Crippen LogP contribution >= 0.6 is 0 Å². The molecule has 2 aromatic rings. The number of sulfonamides is 1. The van der Waals surface area contributed by atoms with Crippen molar-refractivity contribution in [1.82, 2.24) is 9.29 Å². The Bertz CT molecular complexity index is 971. The van der Waals surface area contributed by atoms with E-state index in [2.05, 4.69) is 10.3 Å². The smallest absolute Gasteiger partial charge is 0.248 e. The maximum absolute atomic E-state index is 13.1. The van der Waals surface area contributed by atoms with Crippen molar-refractivity contribution < 1.29 is 22.7 Å². The molecule has 9 heteroatoms. The minimum atomic E-state index is -3.78. The van der Waals surface area contributed by atoms with Crippen LogP contribution in [0.3, 0.4) is 0 Å². The normalized spacial score (nSPS) is 15.3. The summed E-state index contributed by atoms with van der Waals surface area (Å²) in [4.78, 5) is 16.2. The first-order valence-corrected chi connectivity index (χ1v) is 10.7. The minimum Gasteiger partial charge on any atom is -0.492 e. The van der Waals surface area contributed by atoms with Crippen LogP contribution in [0, 0.1) is 0 Å². The van der Waals surface area contributed by atoms with Crippen LogP contribution in [-0.2, 0) is 19.6 Å². The standard InChI is InChI=1S/C20H23N3O5S/c1-2-28-18-7-6-17(22-20(24)8-5-16-4-3-9-21-15-16)14-19(18)29(25,26)23-10-12-27-13-11-23/h3-9,14-15H,2,10-13H2,1H3,(H,22,24). The number of nitrogens with one attached hydrogen (secondary N) is 1. The highest BCUT2D eigenvalue weighted by Gasteiger charge is 2.29. The molecule has 1 aliphatic rings. The number of pyridine rings is 1. The lowest BCUT2D eigenvalue weighted by Crippen LogP contribution is -2.40. The Morgan fingerprint density at radius 1 is 1.31 bits per heavy atom. The van der Waals surface area contributed by atoms with Crippen LogP contribution in [0.5, 0.6) is 5.75 Å². The fraction of sp³-hybridized carbons (Fsp3) is 0.300. The molecular weight excluding hydrogens is 394 g/mol. The van der Waals surface area contributed by atoms with Crippen molar-refractivity contribution in [2.24, 2.45) is 0 Å². The number of carbonyl (C=O) groups is 1. The molecule has 29 heavy (non-hydrogen) atoms. The van der Waals surface area contributed by atoms with Gasteiger partial charge in [0.15, 0.2) is 0 Å².